The first-order valence-electron chi connectivity index (χ1n) is 4.41. The van der Waals surface area contributed by atoms with E-state index >= 15 is 0 Å². The molecular formula is C9H7N3O4. The number of aromatic amines is 1. The molecule has 0 aliphatic heterocycles. The minimum Gasteiger partial charge on any atom is -0.481 e. The van der Waals surface area contributed by atoms with E-state index in [1.807, 2.05) is 0 Å². The van der Waals surface area contributed by atoms with E-state index in [1.54, 1.807) is 0 Å². The van der Waals surface area contributed by atoms with Crippen molar-refractivity contribution in [1.29, 1.82) is 0 Å². The van der Waals surface area contributed by atoms with Gasteiger partial charge in [0, 0.05) is 17.5 Å². The molecule has 16 heavy (non-hydrogen) atoms. The topological polar surface area (TPSA) is 109 Å². The normalized spacial score (nSPS) is 10.5. The van der Waals surface area contributed by atoms with Crippen LogP contribution in [0.25, 0.3) is 10.9 Å². The number of hydrogen-bond acceptors (Lipinski definition) is 4. The number of carboxylic acids is 1. The third-order valence-electron chi connectivity index (χ3n) is 2.16. The van der Waals surface area contributed by atoms with Gasteiger partial charge in [-0.3, -0.25) is 20.0 Å². The van der Waals surface area contributed by atoms with Crippen molar-refractivity contribution in [3.63, 3.8) is 0 Å². The molecule has 0 amide bonds. The Kier molecular flexibility index (Phi) is 2.28. The summed E-state index contributed by atoms with van der Waals surface area (Å²) in [4.78, 5) is 20.6. The molecule has 0 saturated carbocycles. The first-order valence-corrected chi connectivity index (χ1v) is 4.41. The van der Waals surface area contributed by atoms with Crippen molar-refractivity contribution < 1.29 is 14.8 Å². The number of benzene rings is 1. The van der Waals surface area contributed by atoms with Crippen molar-refractivity contribution in [2.75, 3.05) is 0 Å². The van der Waals surface area contributed by atoms with E-state index in [-0.39, 0.29) is 12.1 Å². The lowest BCUT2D eigenvalue weighted by Gasteiger charge is -1.94. The second-order valence-electron chi connectivity index (χ2n) is 3.23. The van der Waals surface area contributed by atoms with Gasteiger partial charge < -0.3 is 5.11 Å². The molecule has 0 aliphatic rings. The molecule has 0 fully saturated rings. The smallest absolute Gasteiger partial charge is 0.309 e. The molecule has 7 heteroatoms. The highest BCUT2D eigenvalue weighted by molar-refractivity contribution is 5.86. The second kappa shape index (κ2) is 3.61. The lowest BCUT2D eigenvalue weighted by molar-refractivity contribution is -0.384. The molecule has 2 N–H and O–H groups in total. The third kappa shape index (κ3) is 1.70. The zero-order valence-electron chi connectivity index (χ0n) is 8.01. The number of nitrogens with one attached hydrogen (secondary N) is 1. The van der Waals surface area contributed by atoms with Gasteiger partial charge >= 0.3 is 5.97 Å². The third-order valence-corrected chi connectivity index (χ3v) is 2.16. The predicted molar refractivity (Wildman–Crippen MR) is 54.1 cm³/mol. The van der Waals surface area contributed by atoms with Gasteiger partial charge in [-0.05, 0) is 6.07 Å². The first-order chi connectivity index (χ1) is 7.58. The van der Waals surface area contributed by atoms with Gasteiger partial charge in [-0.2, -0.15) is 5.10 Å². The molecule has 1 aromatic heterocycles. The number of fused-ring (bicyclic) bond motifs is 1. The van der Waals surface area contributed by atoms with Gasteiger partial charge in [0.1, 0.15) is 0 Å². The van der Waals surface area contributed by atoms with Gasteiger partial charge in [-0.15, -0.1) is 0 Å². The van der Waals surface area contributed by atoms with Crippen molar-refractivity contribution in [2.24, 2.45) is 0 Å². The maximum absolute atomic E-state index is 10.6. The highest BCUT2D eigenvalue weighted by Gasteiger charge is 2.13. The molecule has 7 nitrogen and oxygen atoms in total. The SMILES string of the molecule is O=C(O)Cc1[nH]nc2ccc([N+](=O)[O-])cc12. The molecule has 2 rings (SSSR count). The molecule has 0 aliphatic carbocycles. The Hall–Kier alpha value is -2.44. The molecule has 0 bridgehead atoms. The number of nitrogens with zero attached hydrogens (tertiary/aromatic N) is 2. The van der Waals surface area contributed by atoms with E-state index in [0.29, 0.717) is 16.6 Å². The summed E-state index contributed by atoms with van der Waals surface area (Å²) >= 11 is 0. The van der Waals surface area contributed by atoms with Crippen LogP contribution < -0.4 is 0 Å². The fourth-order valence-corrected chi connectivity index (χ4v) is 1.45. The first kappa shape index (κ1) is 10.1. The number of hydrogen-bond donors (Lipinski definition) is 2. The fraction of sp³-hybridized carbons (Fsp3) is 0.111. The Balaban J connectivity index is 2.55. The summed E-state index contributed by atoms with van der Waals surface area (Å²) in [5.41, 5.74) is 0.800. The Morgan fingerprint density at radius 1 is 1.56 bits per heavy atom. The van der Waals surface area contributed by atoms with E-state index in [9.17, 15) is 14.9 Å². The molecule has 2 aromatic rings. The lowest BCUT2D eigenvalue weighted by atomic mass is 10.1. The standard InChI is InChI=1S/C9H7N3O4/c13-9(14)4-8-6-3-5(12(15)16)1-2-7(6)10-11-8/h1-3H,4H2,(H,10,11)(H,13,14). The van der Waals surface area contributed by atoms with Crippen molar-refractivity contribution in [3.8, 4) is 0 Å². The largest absolute Gasteiger partial charge is 0.481 e. The summed E-state index contributed by atoms with van der Waals surface area (Å²) in [6.45, 7) is 0. The summed E-state index contributed by atoms with van der Waals surface area (Å²) in [7, 11) is 0. The van der Waals surface area contributed by atoms with Crippen LogP contribution in [-0.2, 0) is 11.2 Å². The number of rotatable bonds is 3. The zero-order valence-corrected chi connectivity index (χ0v) is 8.01. The van der Waals surface area contributed by atoms with Gasteiger partial charge in [0.15, 0.2) is 0 Å². The van der Waals surface area contributed by atoms with E-state index in [2.05, 4.69) is 10.2 Å². The summed E-state index contributed by atoms with van der Waals surface area (Å²) in [6, 6.07) is 4.13. The van der Waals surface area contributed by atoms with Crippen molar-refractivity contribution >= 4 is 22.6 Å². The van der Waals surface area contributed by atoms with Crippen LogP contribution in [-0.4, -0.2) is 26.2 Å². The van der Waals surface area contributed by atoms with Crippen LogP contribution in [0.1, 0.15) is 5.69 Å². The molecule has 0 atom stereocenters. The molecule has 1 heterocycles. The Morgan fingerprint density at radius 2 is 2.31 bits per heavy atom. The van der Waals surface area contributed by atoms with Gasteiger partial charge in [0.25, 0.3) is 5.69 Å². The van der Waals surface area contributed by atoms with Crippen LogP contribution in [0.3, 0.4) is 0 Å². The van der Waals surface area contributed by atoms with E-state index in [4.69, 9.17) is 5.11 Å². The predicted octanol–water partition coefficient (Wildman–Crippen LogP) is 1.10. The molecular weight excluding hydrogens is 214 g/mol. The maximum atomic E-state index is 10.6. The zero-order chi connectivity index (χ0) is 11.7. The quantitative estimate of drug-likeness (QED) is 0.595. The van der Waals surface area contributed by atoms with Crippen molar-refractivity contribution in [3.05, 3.63) is 34.0 Å². The van der Waals surface area contributed by atoms with E-state index in [0.717, 1.165) is 0 Å². The summed E-state index contributed by atoms with van der Waals surface area (Å²) in [6.07, 6.45) is -0.238. The monoisotopic (exact) mass is 221 g/mol. The minimum atomic E-state index is -1.02. The van der Waals surface area contributed by atoms with E-state index < -0.39 is 10.9 Å². The van der Waals surface area contributed by atoms with Crippen LogP contribution in [0, 0.1) is 10.1 Å². The van der Waals surface area contributed by atoms with Gasteiger partial charge in [-0.1, -0.05) is 0 Å². The minimum absolute atomic E-state index is 0.0828. The summed E-state index contributed by atoms with van der Waals surface area (Å²) in [5, 5.41) is 26.1. The number of carboxylic acid groups (broad SMARTS) is 1. The van der Waals surface area contributed by atoms with Crippen LogP contribution in [0.5, 0.6) is 0 Å². The number of aliphatic carboxylic acids is 1. The average molecular weight is 221 g/mol. The molecule has 0 spiro atoms. The van der Waals surface area contributed by atoms with Crippen LogP contribution in [0.15, 0.2) is 18.2 Å². The second-order valence-corrected chi connectivity index (χ2v) is 3.23. The Bertz CT molecular complexity index is 575. The van der Waals surface area contributed by atoms with Crippen LogP contribution in [0.4, 0.5) is 5.69 Å². The van der Waals surface area contributed by atoms with Gasteiger partial charge in [-0.25, -0.2) is 0 Å². The molecule has 0 radical (unpaired) electrons. The highest BCUT2D eigenvalue weighted by atomic mass is 16.6. The number of nitro benzene ring substituents is 1. The lowest BCUT2D eigenvalue weighted by Crippen LogP contribution is -2.00. The Morgan fingerprint density at radius 3 is 2.94 bits per heavy atom. The number of non-ortho nitro benzene ring substituents is 1. The average Bonchev–Trinajstić information content (AvgIpc) is 2.60. The Labute approximate surface area is 88.8 Å². The summed E-state index contributed by atoms with van der Waals surface area (Å²) < 4.78 is 0. The van der Waals surface area contributed by atoms with Gasteiger partial charge in [0.2, 0.25) is 0 Å². The molecule has 0 unspecified atom stereocenters. The van der Waals surface area contributed by atoms with Crippen molar-refractivity contribution in [1.82, 2.24) is 10.2 Å². The molecule has 1 aromatic carbocycles. The van der Waals surface area contributed by atoms with Crippen LogP contribution in [0.2, 0.25) is 0 Å². The van der Waals surface area contributed by atoms with Crippen molar-refractivity contribution in [2.45, 2.75) is 6.42 Å². The number of aromatic nitrogens is 2. The molecule has 0 saturated heterocycles. The highest BCUT2D eigenvalue weighted by Crippen LogP contribution is 2.22. The number of H-pyrrole nitrogens is 1. The van der Waals surface area contributed by atoms with E-state index in [1.165, 1.54) is 18.2 Å². The van der Waals surface area contributed by atoms with Crippen LogP contribution >= 0.6 is 0 Å². The summed E-state index contributed by atoms with van der Waals surface area (Å²) in [5.74, 6) is -1.02. The number of carbonyl (C=O) groups is 1. The number of nitro groups is 1. The maximum Gasteiger partial charge on any atom is 0.309 e. The molecule has 82 valence electrons. The van der Waals surface area contributed by atoms with Gasteiger partial charge in [0.05, 0.1) is 22.6 Å². The fourth-order valence-electron chi connectivity index (χ4n) is 1.45.